The van der Waals surface area contributed by atoms with Crippen molar-refractivity contribution in [3.63, 3.8) is 0 Å². The minimum atomic E-state index is -3.78. The fourth-order valence-corrected chi connectivity index (χ4v) is 4.59. The molecule has 1 amide bonds. The van der Waals surface area contributed by atoms with E-state index in [-0.39, 0.29) is 30.5 Å². The number of nitrogens with zero attached hydrogens (tertiary/aromatic N) is 3. The van der Waals surface area contributed by atoms with E-state index in [0.717, 1.165) is 15.2 Å². The van der Waals surface area contributed by atoms with Crippen molar-refractivity contribution in [2.24, 2.45) is 0 Å². The van der Waals surface area contributed by atoms with E-state index in [2.05, 4.69) is 11.7 Å². The molecule has 8 heteroatoms. The topological polar surface area (TPSA) is 92.5 Å². The van der Waals surface area contributed by atoms with E-state index in [1.54, 1.807) is 11.8 Å². The average Bonchev–Trinajstić information content (AvgIpc) is 3.24. The SMILES string of the molecule is C=C/C(=C\C)S(=O)(=O)n1cc2c(n1)CN(C(=O)[C@H](CO)c1ccccc1C)C2. The zero-order valence-corrected chi connectivity index (χ0v) is 16.7. The molecule has 0 saturated heterocycles. The highest BCUT2D eigenvalue weighted by Gasteiger charge is 2.33. The summed E-state index contributed by atoms with van der Waals surface area (Å²) in [6.45, 7) is 7.21. The predicted molar refractivity (Wildman–Crippen MR) is 106 cm³/mol. The Balaban J connectivity index is 1.82. The molecule has 1 aliphatic heterocycles. The van der Waals surface area contributed by atoms with E-state index in [4.69, 9.17) is 0 Å². The highest BCUT2D eigenvalue weighted by molar-refractivity contribution is 7.93. The van der Waals surface area contributed by atoms with Gasteiger partial charge in [-0.1, -0.05) is 36.9 Å². The molecule has 0 fully saturated rings. The van der Waals surface area contributed by atoms with E-state index < -0.39 is 15.9 Å². The van der Waals surface area contributed by atoms with Crippen LogP contribution in [0, 0.1) is 6.92 Å². The average molecular weight is 401 g/mol. The van der Waals surface area contributed by atoms with Crippen LogP contribution in [-0.4, -0.2) is 40.1 Å². The molecular weight excluding hydrogens is 378 g/mol. The summed E-state index contributed by atoms with van der Waals surface area (Å²) in [6, 6.07) is 7.46. The van der Waals surface area contributed by atoms with Gasteiger partial charge in [-0.15, -0.1) is 0 Å². The lowest BCUT2D eigenvalue weighted by Gasteiger charge is -2.23. The van der Waals surface area contributed by atoms with Crippen LogP contribution in [-0.2, 0) is 27.9 Å². The Bertz CT molecular complexity index is 1030. The van der Waals surface area contributed by atoms with Crippen molar-refractivity contribution in [2.75, 3.05) is 6.61 Å². The molecule has 3 rings (SSSR count). The monoisotopic (exact) mass is 401 g/mol. The van der Waals surface area contributed by atoms with Crippen LogP contribution in [0.1, 0.15) is 35.2 Å². The normalized spacial score (nSPS) is 15.4. The minimum absolute atomic E-state index is 0.0708. The molecule has 0 radical (unpaired) electrons. The van der Waals surface area contributed by atoms with Gasteiger partial charge in [0.1, 0.15) is 0 Å². The number of carbonyl (C=O) groups excluding carboxylic acids is 1. The number of allylic oxidation sites excluding steroid dienone is 2. The minimum Gasteiger partial charge on any atom is -0.395 e. The molecule has 148 valence electrons. The summed E-state index contributed by atoms with van der Waals surface area (Å²) in [5.74, 6) is -0.860. The van der Waals surface area contributed by atoms with Gasteiger partial charge in [-0.25, -0.2) is 0 Å². The van der Waals surface area contributed by atoms with Crippen LogP contribution in [0.5, 0.6) is 0 Å². The summed E-state index contributed by atoms with van der Waals surface area (Å²) in [5, 5.41) is 14.0. The van der Waals surface area contributed by atoms with Crippen molar-refractivity contribution in [3.8, 4) is 0 Å². The van der Waals surface area contributed by atoms with Gasteiger partial charge in [-0.05, 0) is 31.1 Å². The second-order valence-corrected chi connectivity index (χ2v) is 8.46. The first-order valence-corrected chi connectivity index (χ1v) is 10.3. The zero-order valence-electron chi connectivity index (χ0n) is 15.9. The number of aromatic nitrogens is 2. The number of amides is 1. The molecule has 28 heavy (non-hydrogen) atoms. The van der Waals surface area contributed by atoms with Crippen LogP contribution in [0.3, 0.4) is 0 Å². The molecule has 2 heterocycles. The molecule has 1 aliphatic rings. The zero-order chi connectivity index (χ0) is 20.5. The molecule has 0 saturated carbocycles. The smallest absolute Gasteiger partial charge is 0.282 e. The maximum atomic E-state index is 13.0. The van der Waals surface area contributed by atoms with Crippen LogP contribution < -0.4 is 0 Å². The molecule has 0 bridgehead atoms. The fraction of sp³-hybridized carbons (Fsp3) is 0.300. The van der Waals surface area contributed by atoms with Gasteiger partial charge in [0.2, 0.25) is 5.91 Å². The Hall–Kier alpha value is -2.71. The molecule has 1 aromatic heterocycles. The first-order chi connectivity index (χ1) is 13.3. The van der Waals surface area contributed by atoms with Gasteiger partial charge in [-0.3, -0.25) is 4.79 Å². The van der Waals surface area contributed by atoms with Gasteiger partial charge in [0.25, 0.3) is 10.0 Å². The fourth-order valence-electron chi connectivity index (χ4n) is 3.39. The molecule has 7 nitrogen and oxygen atoms in total. The number of aliphatic hydroxyl groups excluding tert-OH is 1. The Morgan fingerprint density at radius 1 is 1.36 bits per heavy atom. The third-order valence-corrected chi connectivity index (χ3v) is 6.62. The van der Waals surface area contributed by atoms with Crippen molar-refractivity contribution in [1.29, 1.82) is 0 Å². The first kappa shape index (κ1) is 20.0. The molecule has 1 aromatic carbocycles. The number of carbonyl (C=O) groups is 1. The lowest BCUT2D eigenvalue weighted by molar-refractivity contribution is -0.134. The van der Waals surface area contributed by atoms with Crippen molar-refractivity contribution in [2.45, 2.75) is 32.9 Å². The predicted octanol–water partition coefficient (Wildman–Crippen LogP) is 2.08. The summed E-state index contributed by atoms with van der Waals surface area (Å²) in [4.78, 5) is 14.6. The molecule has 1 N–H and O–H groups in total. The van der Waals surface area contributed by atoms with E-state index in [9.17, 15) is 18.3 Å². The summed E-state index contributed by atoms with van der Waals surface area (Å²) in [7, 11) is -3.78. The maximum absolute atomic E-state index is 13.0. The van der Waals surface area contributed by atoms with Gasteiger partial charge in [-0.2, -0.15) is 17.6 Å². The first-order valence-electron chi connectivity index (χ1n) is 8.90. The maximum Gasteiger partial charge on any atom is 0.282 e. The highest BCUT2D eigenvalue weighted by atomic mass is 32.2. The number of rotatable bonds is 6. The Morgan fingerprint density at radius 2 is 2.07 bits per heavy atom. The second kappa shape index (κ2) is 7.73. The lowest BCUT2D eigenvalue weighted by Crippen LogP contribution is -2.33. The molecule has 0 unspecified atom stereocenters. The number of hydrogen-bond donors (Lipinski definition) is 1. The molecule has 0 aliphatic carbocycles. The third-order valence-electron chi connectivity index (χ3n) is 4.94. The summed E-state index contributed by atoms with van der Waals surface area (Å²) in [5.41, 5.74) is 2.94. The van der Waals surface area contributed by atoms with E-state index >= 15 is 0 Å². The number of aryl methyl sites for hydroxylation is 1. The second-order valence-electron chi connectivity index (χ2n) is 6.66. The molecule has 0 spiro atoms. The van der Waals surface area contributed by atoms with Gasteiger partial charge in [0, 0.05) is 18.3 Å². The van der Waals surface area contributed by atoms with E-state index in [0.29, 0.717) is 11.3 Å². The van der Waals surface area contributed by atoms with E-state index in [1.807, 2.05) is 31.2 Å². The standard InChI is InChI=1S/C20H23N3O4S/c1-4-16(5-2)28(26,27)23-11-15-10-22(12-19(15)21-23)20(25)18(13-24)17-9-7-6-8-14(17)3/h4-9,11,18,24H,1,10,12-13H2,2-3H3/b16-5+/t18-/m1/s1. The summed E-state index contributed by atoms with van der Waals surface area (Å²) >= 11 is 0. The summed E-state index contributed by atoms with van der Waals surface area (Å²) < 4.78 is 26.0. The number of benzene rings is 1. The Kier molecular flexibility index (Phi) is 5.53. The van der Waals surface area contributed by atoms with Crippen LogP contribution in [0.15, 0.2) is 54.1 Å². The number of aliphatic hydroxyl groups is 1. The molecular formula is C20H23N3O4S. The number of fused-ring (bicyclic) bond motifs is 1. The van der Waals surface area contributed by atoms with E-state index in [1.165, 1.54) is 18.3 Å². The quantitative estimate of drug-likeness (QED) is 0.748. The largest absolute Gasteiger partial charge is 0.395 e. The van der Waals surface area contributed by atoms with Gasteiger partial charge in [0.15, 0.2) is 0 Å². The van der Waals surface area contributed by atoms with Gasteiger partial charge >= 0.3 is 0 Å². The van der Waals surface area contributed by atoms with Gasteiger partial charge in [0.05, 0.1) is 29.7 Å². The van der Waals surface area contributed by atoms with Gasteiger partial charge < -0.3 is 10.0 Å². The van der Waals surface area contributed by atoms with Crippen LogP contribution in [0.2, 0.25) is 0 Å². The lowest BCUT2D eigenvalue weighted by atomic mass is 9.94. The van der Waals surface area contributed by atoms with Crippen LogP contribution in [0.4, 0.5) is 0 Å². The Labute approximate surface area is 164 Å². The van der Waals surface area contributed by atoms with Crippen LogP contribution in [0.25, 0.3) is 0 Å². The number of hydrogen-bond acceptors (Lipinski definition) is 5. The van der Waals surface area contributed by atoms with Crippen molar-refractivity contribution in [1.82, 2.24) is 14.1 Å². The Morgan fingerprint density at radius 3 is 2.64 bits per heavy atom. The third kappa shape index (κ3) is 3.41. The van der Waals surface area contributed by atoms with Crippen molar-refractivity contribution < 1.29 is 18.3 Å². The molecule has 2 aromatic rings. The summed E-state index contributed by atoms with van der Waals surface area (Å²) in [6.07, 6.45) is 4.16. The molecule has 1 atom stereocenters. The van der Waals surface area contributed by atoms with Crippen LogP contribution >= 0.6 is 0 Å². The highest BCUT2D eigenvalue weighted by Crippen LogP contribution is 2.28. The van der Waals surface area contributed by atoms with Crippen molar-refractivity contribution >= 4 is 15.9 Å². The van der Waals surface area contributed by atoms with Crippen molar-refractivity contribution in [3.05, 3.63) is 76.5 Å².